The fourth-order valence-corrected chi connectivity index (χ4v) is 5.19. The molecule has 0 saturated heterocycles. The van der Waals surface area contributed by atoms with Crippen LogP contribution in [0, 0.1) is 17.7 Å². The summed E-state index contributed by atoms with van der Waals surface area (Å²) in [7, 11) is -3.41. The monoisotopic (exact) mass is 578 g/mol. The summed E-state index contributed by atoms with van der Waals surface area (Å²) >= 11 is 0. The van der Waals surface area contributed by atoms with Gasteiger partial charge < -0.3 is 19.7 Å². The number of phenolic OH excluding ortho intramolecular Hbond substituents is 1. The number of sulfonamides is 1. The lowest BCUT2D eigenvalue weighted by Crippen LogP contribution is -2.44. The van der Waals surface area contributed by atoms with Crippen molar-refractivity contribution < 1.29 is 55.3 Å². The van der Waals surface area contributed by atoms with E-state index in [0.29, 0.717) is 20.3 Å². The molecule has 2 aromatic rings. The fraction of sp³-hybridized carbons (Fsp3) is 0.417. The first-order valence-corrected chi connectivity index (χ1v) is 12.9. The Hall–Kier alpha value is -3.75. The number of benzene rings is 2. The highest BCUT2D eigenvalue weighted by Crippen LogP contribution is 2.43. The molecule has 0 spiro atoms. The molecular weight excluding hydrogens is 552 g/mol. The molecule has 1 unspecified atom stereocenters. The van der Waals surface area contributed by atoms with Gasteiger partial charge in [-0.05, 0) is 62.9 Å². The second-order valence-electron chi connectivity index (χ2n) is 9.33. The molecule has 39 heavy (non-hydrogen) atoms. The van der Waals surface area contributed by atoms with Crippen LogP contribution in [-0.4, -0.2) is 56.1 Å². The van der Waals surface area contributed by atoms with Crippen molar-refractivity contribution in [3.8, 4) is 11.5 Å². The zero-order valence-electron chi connectivity index (χ0n) is 21.0. The molecule has 0 bridgehead atoms. The van der Waals surface area contributed by atoms with Crippen LogP contribution in [0.15, 0.2) is 41.3 Å². The summed E-state index contributed by atoms with van der Waals surface area (Å²) in [6.07, 6.45) is -5.97. The van der Waals surface area contributed by atoms with Crippen molar-refractivity contribution in [3.63, 3.8) is 0 Å². The third kappa shape index (κ3) is 6.64. The lowest BCUT2D eigenvalue weighted by atomic mass is 10.1. The normalized spacial score (nSPS) is 17.3. The van der Waals surface area contributed by atoms with E-state index in [1.807, 2.05) is 0 Å². The molecule has 0 radical (unpaired) electrons. The van der Waals surface area contributed by atoms with E-state index in [9.17, 15) is 45.8 Å². The number of anilines is 2. The van der Waals surface area contributed by atoms with Crippen LogP contribution in [0.4, 0.5) is 33.7 Å². The van der Waals surface area contributed by atoms with E-state index in [4.69, 9.17) is 4.74 Å². The van der Waals surface area contributed by atoms with Gasteiger partial charge in [0, 0.05) is 18.3 Å². The summed E-state index contributed by atoms with van der Waals surface area (Å²) in [5, 5.41) is 21.8. The van der Waals surface area contributed by atoms with Crippen molar-refractivity contribution in [2.24, 2.45) is 11.8 Å². The first kappa shape index (κ1) is 29.8. The van der Waals surface area contributed by atoms with E-state index in [-0.39, 0.29) is 36.0 Å². The third-order valence-electron chi connectivity index (χ3n) is 6.17. The van der Waals surface area contributed by atoms with Crippen LogP contribution < -0.4 is 14.4 Å². The van der Waals surface area contributed by atoms with Gasteiger partial charge in [0.05, 0.1) is 23.6 Å². The Morgan fingerprint density at radius 1 is 1.15 bits per heavy atom. The predicted molar refractivity (Wildman–Crippen MR) is 130 cm³/mol. The van der Waals surface area contributed by atoms with E-state index < -0.39 is 56.2 Å². The molecule has 0 heterocycles. The van der Waals surface area contributed by atoms with Crippen LogP contribution in [0.5, 0.6) is 11.5 Å². The minimum absolute atomic E-state index is 0.0768. The quantitative estimate of drug-likeness (QED) is 0.271. The Morgan fingerprint density at radius 2 is 1.82 bits per heavy atom. The van der Waals surface area contributed by atoms with Crippen LogP contribution in [0.3, 0.4) is 0 Å². The number of carbonyl (C=O) groups excluding carboxylic acids is 1. The molecule has 2 atom stereocenters. The van der Waals surface area contributed by atoms with Crippen molar-refractivity contribution >= 4 is 33.5 Å². The lowest BCUT2D eigenvalue weighted by Gasteiger charge is -2.28. The second-order valence-corrected chi connectivity index (χ2v) is 11.2. The zero-order valence-corrected chi connectivity index (χ0v) is 21.8. The molecule has 1 fully saturated rings. The molecule has 214 valence electrons. The van der Waals surface area contributed by atoms with Gasteiger partial charge in [0.25, 0.3) is 10.0 Å². The fourth-order valence-electron chi connectivity index (χ4n) is 3.68. The molecule has 1 aliphatic carbocycles. The largest absolute Gasteiger partial charge is 0.506 e. The number of nitrogens with zero attached hydrogens (tertiary/aromatic N) is 1. The number of carboxylic acid groups (broad SMARTS) is 1. The van der Waals surface area contributed by atoms with Gasteiger partial charge in [-0.2, -0.15) is 13.2 Å². The van der Waals surface area contributed by atoms with Crippen molar-refractivity contribution in [2.45, 2.75) is 43.4 Å². The zero-order chi connectivity index (χ0) is 29.3. The average Bonchev–Trinajstić information content (AvgIpc) is 3.60. The first-order valence-electron chi connectivity index (χ1n) is 11.5. The van der Waals surface area contributed by atoms with E-state index in [1.165, 1.54) is 0 Å². The van der Waals surface area contributed by atoms with Gasteiger partial charge in [-0.25, -0.2) is 17.6 Å². The number of carbonyl (C=O) groups is 2. The van der Waals surface area contributed by atoms with Gasteiger partial charge in [0.15, 0.2) is 11.6 Å². The maximum absolute atomic E-state index is 13.9. The number of rotatable bonds is 10. The molecule has 3 rings (SSSR count). The van der Waals surface area contributed by atoms with E-state index in [0.717, 1.165) is 47.8 Å². The van der Waals surface area contributed by atoms with E-state index >= 15 is 0 Å². The summed E-state index contributed by atoms with van der Waals surface area (Å²) in [6.45, 7) is 0.962. The number of halogens is 4. The van der Waals surface area contributed by atoms with Gasteiger partial charge in [-0.3, -0.25) is 14.4 Å². The van der Waals surface area contributed by atoms with Gasteiger partial charge in [-0.1, -0.05) is 0 Å². The number of aromatic hydroxyl groups is 1. The van der Waals surface area contributed by atoms with Crippen LogP contribution in [-0.2, 0) is 19.6 Å². The molecule has 1 amide bonds. The van der Waals surface area contributed by atoms with Gasteiger partial charge in [-0.15, -0.1) is 0 Å². The average molecular weight is 579 g/mol. The Morgan fingerprint density at radius 3 is 2.38 bits per heavy atom. The number of methoxy groups -OCH3 is 1. The number of aliphatic carboxylic acids is 1. The summed E-state index contributed by atoms with van der Waals surface area (Å²) in [4.78, 5) is 23.0. The number of alkyl halides is 3. The summed E-state index contributed by atoms with van der Waals surface area (Å²) in [5.74, 6) is -3.82. The molecular formula is C24H26F4N2O8S. The summed E-state index contributed by atoms with van der Waals surface area (Å²) in [5.41, 5.74) is -3.42. The lowest BCUT2D eigenvalue weighted by molar-refractivity contribution is -0.242. The number of carboxylic acids is 1. The number of nitrogens with one attached hydrogen (secondary N) is 1. The number of ether oxygens (including phenoxy) is 2. The second kappa shape index (κ2) is 10.8. The molecule has 1 saturated carbocycles. The van der Waals surface area contributed by atoms with Gasteiger partial charge >= 0.3 is 18.2 Å². The van der Waals surface area contributed by atoms with Gasteiger partial charge in [0.1, 0.15) is 5.75 Å². The van der Waals surface area contributed by atoms with Crippen LogP contribution >= 0.6 is 0 Å². The van der Waals surface area contributed by atoms with Gasteiger partial charge in [0.2, 0.25) is 5.60 Å². The maximum atomic E-state index is 13.9. The SMILES string of the molecule is COc1cc(S(=O)(=O)N(CCC2C[C@@H]2C(=O)O)c2cc(NC(=O)OC(C)(C)C(F)(F)F)ccc2O)ccc1F. The smallest absolute Gasteiger partial charge is 0.427 e. The van der Waals surface area contributed by atoms with Crippen LogP contribution in [0.25, 0.3) is 0 Å². The number of phenols is 1. The summed E-state index contributed by atoms with van der Waals surface area (Å²) < 4.78 is 90.5. The molecule has 15 heteroatoms. The summed E-state index contributed by atoms with van der Waals surface area (Å²) in [6, 6.07) is 5.86. The standard InChI is InChI=1S/C24H26F4N2O8S/c1-23(2,24(26,27)28)38-22(34)29-14-4-7-19(31)18(11-14)30(9-8-13-10-16(13)21(32)33)39(35,36)15-5-6-17(25)20(12-15)37-3/h4-7,11-13,16,31H,8-10H2,1-3H3,(H,29,34)(H,32,33)/t13?,16-/m0/s1. The minimum atomic E-state index is -4.87. The Balaban J connectivity index is 1.97. The predicted octanol–water partition coefficient (Wildman–Crippen LogP) is 4.74. The molecule has 3 N–H and O–H groups in total. The third-order valence-corrected chi connectivity index (χ3v) is 7.98. The number of amides is 1. The first-order chi connectivity index (χ1) is 18.0. The highest BCUT2D eigenvalue weighted by molar-refractivity contribution is 7.92. The molecule has 2 aromatic carbocycles. The number of hydrogen-bond donors (Lipinski definition) is 3. The molecule has 1 aliphatic rings. The van der Waals surface area contributed by atoms with Crippen molar-refractivity contribution in [1.82, 2.24) is 0 Å². The van der Waals surface area contributed by atoms with Crippen molar-refractivity contribution in [3.05, 3.63) is 42.2 Å². The Bertz CT molecular complexity index is 1360. The topological polar surface area (TPSA) is 142 Å². The highest BCUT2D eigenvalue weighted by Gasteiger charge is 2.51. The van der Waals surface area contributed by atoms with Crippen molar-refractivity contribution in [1.29, 1.82) is 0 Å². The Kier molecular flexibility index (Phi) is 8.24. The minimum Gasteiger partial charge on any atom is -0.506 e. The maximum Gasteiger partial charge on any atom is 0.427 e. The molecule has 0 aliphatic heterocycles. The Labute approximate surface area is 221 Å². The van der Waals surface area contributed by atoms with E-state index in [2.05, 4.69) is 10.1 Å². The van der Waals surface area contributed by atoms with E-state index in [1.54, 1.807) is 0 Å². The molecule has 10 nitrogen and oxygen atoms in total. The van der Waals surface area contributed by atoms with Crippen LogP contribution in [0.1, 0.15) is 26.7 Å². The molecule has 0 aromatic heterocycles. The highest BCUT2D eigenvalue weighted by atomic mass is 32.2. The number of hydrogen-bond acceptors (Lipinski definition) is 7. The van der Waals surface area contributed by atoms with Crippen LogP contribution in [0.2, 0.25) is 0 Å². The van der Waals surface area contributed by atoms with Crippen molar-refractivity contribution in [2.75, 3.05) is 23.3 Å².